The van der Waals surface area contributed by atoms with Gasteiger partial charge in [0.1, 0.15) is 17.1 Å². The Morgan fingerprint density at radius 3 is 2.50 bits per heavy atom. The van der Waals surface area contributed by atoms with Gasteiger partial charge >= 0.3 is 0 Å². The van der Waals surface area contributed by atoms with Gasteiger partial charge in [0.15, 0.2) is 0 Å². The van der Waals surface area contributed by atoms with Gasteiger partial charge in [0.25, 0.3) is 0 Å². The van der Waals surface area contributed by atoms with Gasteiger partial charge in [0.2, 0.25) is 0 Å². The summed E-state index contributed by atoms with van der Waals surface area (Å²) in [5.41, 5.74) is 3.34. The van der Waals surface area contributed by atoms with Crippen molar-refractivity contribution in [3.63, 3.8) is 0 Å². The molecule has 0 aromatic heterocycles. The summed E-state index contributed by atoms with van der Waals surface area (Å²) in [6, 6.07) is 14.5. The molecule has 0 spiro atoms. The molecule has 0 radical (unpaired) electrons. The SMILES string of the molecule is COc1cc(/C=C/c2ccccc2)cc2c1CCC(C)(C)O2. The number of ether oxygens (including phenoxy) is 2. The molecule has 0 bridgehead atoms. The van der Waals surface area contributed by atoms with E-state index in [1.807, 2.05) is 18.2 Å². The Bertz CT molecular complexity index is 684. The standard InChI is InChI=1S/C20H22O2/c1-20(2)12-11-17-18(21-3)13-16(14-19(17)22-20)10-9-15-7-5-4-6-8-15/h4-10,13-14H,11-12H2,1-3H3/b10-9+. The Morgan fingerprint density at radius 1 is 1.05 bits per heavy atom. The number of hydrogen-bond acceptors (Lipinski definition) is 2. The van der Waals surface area contributed by atoms with E-state index in [9.17, 15) is 0 Å². The van der Waals surface area contributed by atoms with Crippen LogP contribution in [0.5, 0.6) is 11.5 Å². The number of methoxy groups -OCH3 is 1. The van der Waals surface area contributed by atoms with Gasteiger partial charge in [-0.25, -0.2) is 0 Å². The lowest BCUT2D eigenvalue weighted by Crippen LogP contribution is -2.32. The van der Waals surface area contributed by atoms with Crippen LogP contribution in [0.2, 0.25) is 0 Å². The van der Waals surface area contributed by atoms with Crippen LogP contribution in [0.15, 0.2) is 42.5 Å². The molecule has 114 valence electrons. The quantitative estimate of drug-likeness (QED) is 0.744. The number of rotatable bonds is 3. The largest absolute Gasteiger partial charge is 0.496 e. The van der Waals surface area contributed by atoms with E-state index in [0.29, 0.717) is 0 Å². The summed E-state index contributed by atoms with van der Waals surface area (Å²) in [5, 5.41) is 0. The Morgan fingerprint density at radius 2 is 1.77 bits per heavy atom. The lowest BCUT2D eigenvalue weighted by atomic mass is 9.93. The van der Waals surface area contributed by atoms with Crippen molar-refractivity contribution in [3.05, 3.63) is 59.2 Å². The minimum absolute atomic E-state index is 0.111. The highest BCUT2D eigenvalue weighted by molar-refractivity contribution is 5.72. The van der Waals surface area contributed by atoms with Crippen LogP contribution in [0.3, 0.4) is 0 Å². The minimum Gasteiger partial charge on any atom is -0.496 e. The first-order valence-corrected chi connectivity index (χ1v) is 7.70. The van der Waals surface area contributed by atoms with Crippen molar-refractivity contribution in [1.82, 2.24) is 0 Å². The molecule has 0 atom stereocenters. The average molecular weight is 294 g/mol. The Kier molecular flexibility index (Phi) is 3.93. The molecule has 0 unspecified atom stereocenters. The number of benzene rings is 2. The summed E-state index contributed by atoms with van der Waals surface area (Å²) >= 11 is 0. The Labute approximate surface area is 132 Å². The van der Waals surface area contributed by atoms with E-state index >= 15 is 0 Å². The maximum atomic E-state index is 6.14. The fourth-order valence-electron chi connectivity index (χ4n) is 2.79. The zero-order valence-electron chi connectivity index (χ0n) is 13.4. The molecule has 2 heteroatoms. The van der Waals surface area contributed by atoms with Crippen molar-refractivity contribution in [3.8, 4) is 11.5 Å². The molecule has 3 rings (SSSR count). The second-order valence-corrected chi connectivity index (χ2v) is 6.31. The van der Waals surface area contributed by atoms with Crippen molar-refractivity contribution in [2.45, 2.75) is 32.3 Å². The maximum absolute atomic E-state index is 6.14. The minimum atomic E-state index is -0.111. The molecule has 0 N–H and O–H groups in total. The third kappa shape index (κ3) is 3.16. The molecular formula is C20H22O2. The van der Waals surface area contributed by atoms with Gasteiger partial charge in [0.05, 0.1) is 7.11 Å². The average Bonchev–Trinajstić information content (AvgIpc) is 2.52. The van der Waals surface area contributed by atoms with Crippen LogP contribution in [0.4, 0.5) is 0 Å². The zero-order chi connectivity index (χ0) is 15.6. The first kappa shape index (κ1) is 14.7. The Balaban J connectivity index is 1.94. The van der Waals surface area contributed by atoms with Crippen molar-refractivity contribution in [1.29, 1.82) is 0 Å². The predicted molar refractivity (Wildman–Crippen MR) is 91.4 cm³/mol. The van der Waals surface area contributed by atoms with Gasteiger partial charge in [-0.05, 0) is 49.9 Å². The van der Waals surface area contributed by atoms with E-state index in [1.54, 1.807) is 7.11 Å². The number of fused-ring (bicyclic) bond motifs is 1. The third-order valence-corrected chi connectivity index (χ3v) is 4.04. The molecule has 2 aromatic carbocycles. The smallest absolute Gasteiger partial charge is 0.127 e. The van der Waals surface area contributed by atoms with Crippen LogP contribution in [0.25, 0.3) is 12.2 Å². The van der Waals surface area contributed by atoms with Crippen LogP contribution in [0, 0.1) is 0 Å². The summed E-state index contributed by atoms with van der Waals surface area (Å²) in [4.78, 5) is 0. The first-order chi connectivity index (χ1) is 10.6. The summed E-state index contributed by atoms with van der Waals surface area (Å²) in [7, 11) is 1.72. The monoisotopic (exact) mass is 294 g/mol. The first-order valence-electron chi connectivity index (χ1n) is 7.70. The fourth-order valence-corrected chi connectivity index (χ4v) is 2.79. The second kappa shape index (κ2) is 5.88. The van der Waals surface area contributed by atoms with Crippen molar-refractivity contribution >= 4 is 12.2 Å². The summed E-state index contributed by atoms with van der Waals surface area (Å²) in [6.07, 6.45) is 6.21. The lowest BCUT2D eigenvalue weighted by Gasteiger charge is -2.33. The Hall–Kier alpha value is -2.22. The highest BCUT2D eigenvalue weighted by Gasteiger charge is 2.28. The van der Waals surface area contributed by atoms with Crippen molar-refractivity contribution in [2.24, 2.45) is 0 Å². The molecular weight excluding hydrogens is 272 g/mol. The van der Waals surface area contributed by atoms with Gasteiger partial charge < -0.3 is 9.47 Å². The molecule has 0 fully saturated rings. The van der Waals surface area contributed by atoms with Gasteiger partial charge in [0, 0.05) is 5.56 Å². The predicted octanol–water partition coefficient (Wildman–Crippen LogP) is 4.97. The molecule has 1 aliphatic heterocycles. The molecule has 2 nitrogen and oxygen atoms in total. The highest BCUT2D eigenvalue weighted by atomic mass is 16.5. The van der Waals surface area contributed by atoms with Crippen molar-refractivity contribution in [2.75, 3.05) is 7.11 Å². The topological polar surface area (TPSA) is 18.5 Å². The van der Waals surface area contributed by atoms with E-state index in [1.165, 1.54) is 11.1 Å². The van der Waals surface area contributed by atoms with Crippen LogP contribution in [-0.2, 0) is 6.42 Å². The molecule has 22 heavy (non-hydrogen) atoms. The highest BCUT2D eigenvalue weighted by Crippen LogP contribution is 2.39. The van der Waals surface area contributed by atoms with Gasteiger partial charge in [-0.1, -0.05) is 42.5 Å². The molecule has 0 amide bonds. The van der Waals surface area contributed by atoms with E-state index < -0.39 is 0 Å². The number of hydrogen-bond donors (Lipinski definition) is 0. The van der Waals surface area contributed by atoms with Crippen LogP contribution in [-0.4, -0.2) is 12.7 Å². The van der Waals surface area contributed by atoms with Crippen LogP contribution < -0.4 is 9.47 Å². The van der Waals surface area contributed by atoms with E-state index in [2.05, 4.69) is 50.3 Å². The molecule has 0 aliphatic carbocycles. The summed E-state index contributed by atoms with van der Waals surface area (Å²) in [5.74, 6) is 1.86. The normalized spacial score (nSPS) is 16.1. The van der Waals surface area contributed by atoms with E-state index in [0.717, 1.165) is 29.9 Å². The summed E-state index contributed by atoms with van der Waals surface area (Å²) in [6.45, 7) is 4.27. The van der Waals surface area contributed by atoms with Gasteiger partial charge in [-0.2, -0.15) is 0 Å². The summed E-state index contributed by atoms with van der Waals surface area (Å²) < 4.78 is 11.7. The van der Waals surface area contributed by atoms with E-state index in [4.69, 9.17) is 9.47 Å². The fraction of sp³-hybridized carbons (Fsp3) is 0.300. The third-order valence-electron chi connectivity index (χ3n) is 4.04. The maximum Gasteiger partial charge on any atom is 0.127 e. The van der Waals surface area contributed by atoms with Crippen LogP contribution >= 0.6 is 0 Å². The van der Waals surface area contributed by atoms with Gasteiger partial charge in [-0.15, -0.1) is 0 Å². The zero-order valence-corrected chi connectivity index (χ0v) is 13.4. The molecule has 0 saturated carbocycles. The second-order valence-electron chi connectivity index (χ2n) is 6.31. The molecule has 0 saturated heterocycles. The van der Waals surface area contributed by atoms with E-state index in [-0.39, 0.29) is 5.60 Å². The van der Waals surface area contributed by atoms with Gasteiger partial charge in [-0.3, -0.25) is 0 Å². The van der Waals surface area contributed by atoms with Crippen LogP contribution in [0.1, 0.15) is 37.0 Å². The molecule has 1 aliphatic rings. The van der Waals surface area contributed by atoms with Crippen molar-refractivity contribution < 1.29 is 9.47 Å². The molecule has 1 heterocycles. The lowest BCUT2D eigenvalue weighted by molar-refractivity contribution is 0.0836. The molecule has 2 aromatic rings.